The average Bonchev–Trinajstić information content (AvgIpc) is 2.21. The quantitative estimate of drug-likeness (QED) is 0.552. The van der Waals surface area contributed by atoms with Gasteiger partial charge in [0, 0.05) is 0 Å². The molecule has 0 saturated carbocycles. The molecule has 0 aliphatic heterocycles. The van der Waals surface area contributed by atoms with Crippen molar-refractivity contribution in [3.05, 3.63) is 24.1 Å². The van der Waals surface area contributed by atoms with Gasteiger partial charge in [0.25, 0.3) is 0 Å². The highest BCUT2D eigenvalue weighted by molar-refractivity contribution is 5.02. The summed E-state index contributed by atoms with van der Waals surface area (Å²) < 4.78 is 13.4. The molecule has 0 amide bonds. The summed E-state index contributed by atoms with van der Waals surface area (Å²) >= 11 is 0. The highest BCUT2D eigenvalue weighted by Gasteiger charge is 2.20. The first-order chi connectivity index (χ1) is 7.16. The number of halogens is 1. The summed E-state index contributed by atoms with van der Waals surface area (Å²) in [5, 5.41) is 0. The van der Waals surface area contributed by atoms with Crippen LogP contribution in [-0.4, -0.2) is 0 Å². The Morgan fingerprint density at radius 3 is 2.93 bits per heavy atom. The van der Waals surface area contributed by atoms with E-state index in [1.54, 1.807) is 6.08 Å². The minimum Gasteiger partial charge on any atom is -0.212 e. The lowest BCUT2D eigenvalue weighted by Crippen LogP contribution is -2.13. The second kappa shape index (κ2) is 6.09. The molecule has 0 N–H and O–H groups in total. The fourth-order valence-corrected chi connectivity index (χ4v) is 2.23. The SMILES string of the molecule is CCCC1(C)/C=C/CCC/C=C(/F)CC1. The van der Waals surface area contributed by atoms with Crippen LogP contribution in [0.1, 0.15) is 58.8 Å². The molecular weight excluding hydrogens is 187 g/mol. The zero-order chi connectivity index (χ0) is 11.1. The Kier molecular flexibility index (Phi) is 5.07. The third kappa shape index (κ3) is 4.63. The molecule has 86 valence electrons. The van der Waals surface area contributed by atoms with Crippen LogP contribution in [0, 0.1) is 5.41 Å². The standard InChI is InChI=1S/C14H23F/c1-3-10-14(2)11-7-5-4-6-8-13(15)9-12-14/h7-8,11H,3-6,9-10,12H2,1-2H3/b11-7+,13-8+. The largest absolute Gasteiger partial charge is 0.212 e. The van der Waals surface area contributed by atoms with E-state index in [0.29, 0.717) is 6.42 Å². The molecule has 0 aromatic rings. The minimum absolute atomic E-state index is 0.0904. The fourth-order valence-electron chi connectivity index (χ4n) is 2.23. The van der Waals surface area contributed by atoms with Gasteiger partial charge < -0.3 is 0 Å². The monoisotopic (exact) mass is 210 g/mol. The van der Waals surface area contributed by atoms with Crippen LogP contribution in [-0.2, 0) is 0 Å². The van der Waals surface area contributed by atoms with E-state index in [2.05, 4.69) is 26.0 Å². The van der Waals surface area contributed by atoms with Crippen LogP contribution in [0.2, 0.25) is 0 Å². The molecule has 0 aromatic carbocycles. The third-order valence-corrected chi connectivity index (χ3v) is 3.22. The minimum atomic E-state index is 0.0904. The Hall–Kier alpha value is -0.590. The van der Waals surface area contributed by atoms with Crippen molar-refractivity contribution < 1.29 is 4.39 Å². The van der Waals surface area contributed by atoms with Crippen molar-refractivity contribution in [3.63, 3.8) is 0 Å². The molecule has 0 saturated heterocycles. The van der Waals surface area contributed by atoms with E-state index < -0.39 is 0 Å². The van der Waals surface area contributed by atoms with Gasteiger partial charge in [0.15, 0.2) is 0 Å². The molecule has 1 rings (SSSR count). The summed E-state index contributed by atoms with van der Waals surface area (Å²) in [6, 6.07) is 0. The Balaban J connectivity index is 2.64. The van der Waals surface area contributed by atoms with Gasteiger partial charge in [0.05, 0.1) is 5.83 Å². The lowest BCUT2D eigenvalue weighted by Gasteiger charge is -2.25. The maximum Gasteiger partial charge on any atom is 0.0960 e. The molecular formula is C14H23F. The molecule has 1 atom stereocenters. The number of hydrogen-bond donors (Lipinski definition) is 0. The predicted octanol–water partition coefficient (Wildman–Crippen LogP) is 5.17. The summed E-state index contributed by atoms with van der Waals surface area (Å²) in [7, 11) is 0. The van der Waals surface area contributed by atoms with Crippen molar-refractivity contribution in [1.82, 2.24) is 0 Å². The zero-order valence-electron chi connectivity index (χ0n) is 10.1. The summed E-state index contributed by atoms with van der Waals surface area (Å²) in [5.74, 6) is 0.0904. The van der Waals surface area contributed by atoms with E-state index in [0.717, 1.165) is 32.1 Å². The van der Waals surface area contributed by atoms with Gasteiger partial charge in [-0.25, -0.2) is 4.39 Å². The van der Waals surface area contributed by atoms with Crippen LogP contribution < -0.4 is 0 Å². The van der Waals surface area contributed by atoms with E-state index in [4.69, 9.17) is 0 Å². The maximum absolute atomic E-state index is 13.4. The molecule has 1 heteroatoms. The highest BCUT2D eigenvalue weighted by atomic mass is 19.1. The lowest BCUT2D eigenvalue weighted by atomic mass is 9.80. The van der Waals surface area contributed by atoms with E-state index >= 15 is 0 Å². The van der Waals surface area contributed by atoms with Gasteiger partial charge in [-0.2, -0.15) is 0 Å². The van der Waals surface area contributed by atoms with Crippen molar-refractivity contribution >= 4 is 0 Å². The summed E-state index contributed by atoms with van der Waals surface area (Å²) in [5.41, 5.74) is 0.206. The van der Waals surface area contributed by atoms with Crippen molar-refractivity contribution in [1.29, 1.82) is 0 Å². The second-order valence-corrected chi connectivity index (χ2v) is 4.89. The van der Waals surface area contributed by atoms with E-state index in [-0.39, 0.29) is 11.2 Å². The molecule has 1 aliphatic rings. The van der Waals surface area contributed by atoms with E-state index in [1.807, 2.05) is 0 Å². The van der Waals surface area contributed by atoms with Crippen LogP contribution in [0.15, 0.2) is 24.1 Å². The molecule has 0 bridgehead atoms. The first-order valence-corrected chi connectivity index (χ1v) is 6.18. The lowest BCUT2D eigenvalue weighted by molar-refractivity contribution is 0.342. The number of rotatable bonds is 2. The van der Waals surface area contributed by atoms with Gasteiger partial charge in [-0.3, -0.25) is 0 Å². The van der Waals surface area contributed by atoms with Crippen molar-refractivity contribution in [3.8, 4) is 0 Å². The Bertz CT molecular complexity index is 240. The summed E-state index contributed by atoms with van der Waals surface area (Å²) in [4.78, 5) is 0. The van der Waals surface area contributed by atoms with Gasteiger partial charge in [-0.1, -0.05) is 38.5 Å². The van der Waals surface area contributed by atoms with Crippen LogP contribution in [0.3, 0.4) is 0 Å². The number of allylic oxidation sites excluding steroid dienone is 4. The van der Waals surface area contributed by atoms with Crippen molar-refractivity contribution in [2.75, 3.05) is 0 Å². The maximum atomic E-state index is 13.4. The van der Waals surface area contributed by atoms with E-state index in [9.17, 15) is 4.39 Å². The van der Waals surface area contributed by atoms with Crippen LogP contribution in [0.5, 0.6) is 0 Å². The fraction of sp³-hybridized carbons (Fsp3) is 0.714. The molecule has 0 fully saturated rings. The summed E-state index contributed by atoms with van der Waals surface area (Å²) in [6.07, 6.45) is 13.3. The molecule has 0 aromatic heterocycles. The van der Waals surface area contributed by atoms with Crippen molar-refractivity contribution in [2.24, 2.45) is 5.41 Å². The predicted molar refractivity (Wildman–Crippen MR) is 64.4 cm³/mol. The molecule has 1 unspecified atom stereocenters. The van der Waals surface area contributed by atoms with Crippen LogP contribution >= 0.6 is 0 Å². The normalized spacial score (nSPS) is 34.2. The Labute approximate surface area is 93.3 Å². The Morgan fingerprint density at radius 2 is 2.20 bits per heavy atom. The molecule has 15 heavy (non-hydrogen) atoms. The Morgan fingerprint density at radius 1 is 1.40 bits per heavy atom. The smallest absolute Gasteiger partial charge is 0.0960 e. The average molecular weight is 210 g/mol. The van der Waals surface area contributed by atoms with Gasteiger partial charge in [0.2, 0.25) is 0 Å². The van der Waals surface area contributed by atoms with Gasteiger partial charge in [-0.15, -0.1) is 0 Å². The number of hydrogen-bond acceptors (Lipinski definition) is 0. The third-order valence-electron chi connectivity index (χ3n) is 3.22. The highest BCUT2D eigenvalue weighted by Crippen LogP contribution is 2.33. The molecule has 0 radical (unpaired) electrons. The van der Waals surface area contributed by atoms with Crippen LogP contribution in [0.25, 0.3) is 0 Å². The van der Waals surface area contributed by atoms with Gasteiger partial charge in [-0.05, 0) is 43.9 Å². The zero-order valence-corrected chi connectivity index (χ0v) is 10.1. The topological polar surface area (TPSA) is 0 Å². The molecule has 0 spiro atoms. The first kappa shape index (κ1) is 12.5. The molecule has 0 heterocycles. The molecule has 1 aliphatic carbocycles. The van der Waals surface area contributed by atoms with Crippen LogP contribution in [0.4, 0.5) is 4.39 Å². The summed E-state index contributed by atoms with van der Waals surface area (Å²) in [6.45, 7) is 4.45. The van der Waals surface area contributed by atoms with Gasteiger partial charge in [0.1, 0.15) is 0 Å². The van der Waals surface area contributed by atoms with E-state index in [1.165, 1.54) is 6.42 Å². The van der Waals surface area contributed by atoms with Gasteiger partial charge >= 0.3 is 0 Å². The molecule has 0 nitrogen and oxygen atoms in total. The first-order valence-electron chi connectivity index (χ1n) is 6.18. The second-order valence-electron chi connectivity index (χ2n) is 4.89. The van der Waals surface area contributed by atoms with Crippen molar-refractivity contribution in [2.45, 2.75) is 58.8 Å².